The van der Waals surface area contributed by atoms with Gasteiger partial charge in [-0.2, -0.15) is 5.26 Å². The van der Waals surface area contributed by atoms with Crippen molar-refractivity contribution in [2.75, 3.05) is 13.1 Å². The van der Waals surface area contributed by atoms with Gasteiger partial charge in [0.25, 0.3) is 0 Å². The van der Waals surface area contributed by atoms with Crippen LogP contribution in [0.15, 0.2) is 0 Å². The minimum atomic E-state index is -0.590. The van der Waals surface area contributed by atoms with Gasteiger partial charge in [0.05, 0.1) is 6.07 Å². The molecule has 4 nitrogen and oxygen atoms in total. The zero-order valence-corrected chi connectivity index (χ0v) is 10.4. The first-order chi connectivity index (χ1) is 8.26. The molecule has 2 fully saturated rings. The molecule has 0 bridgehead atoms. The molecule has 4 heteroatoms. The van der Waals surface area contributed by atoms with E-state index >= 15 is 0 Å². The van der Waals surface area contributed by atoms with Crippen LogP contribution in [-0.4, -0.2) is 29.6 Å². The van der Waals surface area contributed by atoms with Crippen molar-refractivity contribution in [3.63, 3.8) is 0 Å². The molecular weight excluding hydrogens is 214 g/mol. The van der Waals surface area contributed by atoms with Gasteiger partial charge in [-0.3, -0.25) is 0 Å². The van der Waals surface area contributed by atoms with E-state index in [-0.39, 0.29) is 6.03 Å². The molecule has 0 unspecified atom stereocenters. The Labute approximate surface area is 103 Å². The maximum Gasteiger partial charge on any atom is 0.318 e. The Morgan fingerprint density at radius 2 is 1.65 bits per heavy atom. The van der Waals surface area contributed by atoms with Gasteiger partial charge in [-0.1, -0.05) is 19.3 Å². The summed E-state index contributed by atoms with van der Waals surface area (Å²) in [5, 5.41) is 12.3. The Bertz CT molecular complexity index is 309. The Balaban J connectivity index is 1.93. The molecule has 1 heterocycles. The third-order valence-electron chi connectivity index (χ3n) is 3.91. The predicted molar refractivity (Wildman–Crippen MR) is 65.4 cm³/mol. The summed E-state index contributed by atoms with van der Waals surface area (Å²) in [6.45, 7) is 1.68. The van der Waals surface area contributed by atoms with E-state index < -0.39 is 5.54 Å². The number of nitriles is 1. The van der Waals surface area contributed by atoms with Crippen molar-refractivity contribution in [3.05, 3.63) is 0 Å². The highest BCUT2D eigenvalue weighted by molar-refractivity contribution is 5.75. The summed E-state index contributed by atoms with van der Waals surface area (Å²) in [5.41, 5.74) is -0.590. The van der Waals surface area contributed by atoms with Crippen molar-refractivity contribution in [1.82, 2.24) is 10.2 Å². The van der Waals surface area contributed by atoms with Gasteiger partial charge >= 0.3 is 6.03 Å². The fourth-order valence-electron chi connectivity index (χ4n) is 2.80. The van der Waals surface area contributed by atoms with Crippen LogP contribution in [0.5, 0.6) is 0 Å². The zero-order valence-electron chi connectivity index (χ0n) is 10.4. The molecule has 17 heavy (non-hydrogen) atoms. The molecular formula is C13H21N3O. The van der Waals surface area contributed by atoms with Gasteiger partial charge in [-0.15, -0.1) is 0 Å². The van der Waals surface area contributed by atoms with Crippen LogP contribution in [0.25, 0.3) is 0 Å². The third kappa shape index (κ3) is 2.91. The van der Waals surface area contributed by atoms with Crippen LogP contribution in [0.4, 0.5) is 4.79 Å². The summed E-state index contributed by atoms with van der Waals surface area (Å²) in [6.07, 6.45) is 8.30. The number of piperidine rings is 1. The number of urea groups is 1. The summed E-state index contributed by atoms with van der Waals surface area (Å²) in [5.74, 6) is 0. The van der Waals surface area contributed by atoms with Crippen LogP contribution < -0.4 is 5.32 Å². The fourth-order valence-corrected chi connectivity index (χ4v) is 2.80. The van der Waals surface area contributed by atoms with Crippen molar-refractivity contribution in [2.45, 2.75) is 56.9 Å². The first-order valence-corrected chi connectivity index (χ1v) is 6.74. The first kappa shape index (κ1) is 12.2. The molecule has 1 aliphatic carbocycles. The number of rotatable bonds is 1. The molecule has 2 aliphatic rings. The van der Waals surface area contributed by atoms with Crippen molar-refractivity contribution >= 4 is 6.03 Å². The summed E-state index contributed by atoms with van der Waals surface area (Å²) in [4.78, 5) is 14.0. The SMILES string of the molecule is N#CC1(NC(=O)N2CCCCC2)CCCCC1. The van der Waals surface area contributed by atoms with Gasteiger partial charge in [0, 0.05) is 13.1 Å². The molecule has 1 saturated heterocycles. The number of hydrogen-bond donors (Lipinski definition) is 1. The number of carbonyl (C=O) groups is 1. The number of amides is 2. The van der Waals surface area contributed by atoms with Gasteiger partial charge in [0.1, 0.15) is 5.54 Å². The number of likely N-dealkylation sites (tertiary alicyclic amines) is 1. The van der Waals surface area contributed by atoms with Crippen LogP contribution in [-0.2, 0) is 0 Å². The minimum Gasteiger partial charge on any atom is -0.325 e. The average Bonchev–Trinajstić information content (AvgIpc) is 2.41. The second-order valence-electron chi connectivity index (χ2n) is 5.23. The van der Waals surface area contributed by atoms with E-state index in [9.17, 15) is 10.1 Å². The molecule has 1 N–H and O–H groups in total. The van der Waals surface area contributed by atoms with E-state index in [0.717, 1.165) is 51.6 Å². The summed E-state index contributed by atoms with van der Waals surface area (Å²) >= 11 is 0. The molecule has 0 aromatic rings. The lowest BCUT2D eigenvalue weighted by molar-refractivity contribution is 0.171. The summed E-state index contributed by atoms with van der Waals surface area (Å²) in [6, 6.07) is 2.29. The van der Waals surface area contributed by atoms with Gasteiger partial charge in [0.15, 0.2) is 0 Å². The highest BCUT2D eigenvalue weighted by Crippen LogP contribution is 2.27. The maximum atomic E-state index is 12.1. The van der Waals surface area contributed by atoms with Gasteiger partial charge < -0.3 is 10.2 Å². The minimum absolute atomic E-state index is 0.0341. The highest BCUT2D eigenvalue weighted by Gasteiger charge is 2.34. The highest BCUT2D eigenvalue weighted by atomic mass is 16.2. The van der Waals surface area contributed by atoms with Crippen molar-refractivity contribution in [1.29, 1.82) is 5.26 Å². The zero-order chi connectivity index (χ0) is 12.1. The van der Waals surface area contributed by atoms with Gasteiger partial charge in [0.2, 0.25) is 0 Å². The van der Waals surface area contributed by atoms with Crippen LogP contribution in [0, 0.1) is 11.3 Å². The van der Waals surface area contributed by atoms with Crippen molar-refractivity contribution in [2.24, 2.45) is 0 Å². The van der Waals surface area contributed by atoms with Crippen LogP contribution in [0.2, 0.25) is 0 Å². The summed E-state index contributed by atoms with van der Waals surface area (Å²) < 4.78 is 0. The molecule has 2 amide bonds. The second kappa shape index (κ2) is 5.39. The van der Waals surface area contributed by atoms with Crippen molar-refractivity contribution < 1.29 is 4.79 Å². The Kier molecular flexibility index (Phi) is 3.88. The quantitative estimate of drug-likeness (QED) is 0.758. The van der Waals surface area contributed by atoms with Gasteiger partial charge in [-0.05, 0) is 32.1 Å². The molecule has 94 valence electrons. The molecule has 0 spiro atoms. The maximum absolute atomic E-state index is 12.1. The Morgan fingerprint density at radius 1 is 1.06 bits per heavy atom. The molecule has 0 radical (unpaired) electrons. The first-order valence-electron chi connectivity index (χ1n) is 6.74. The third-order valence-corrected chi connectivity index (χ3v) is 3.91. The van der Waals surface area contributed by atoms with E-state index in [1.165, 1.54) is 12.8 Å². The number of hydrogen-bond acceptors (Lipinski definition) is 2. The summed E-state index contributed by atoms with van der Waals surface area (Å²) in [7, 11) is 0. The molecule has 0 aromatic carbocycles. The average molecular weight is 235 g/mol. The van der Waals surface area contributed by atoms with Crippen LogP contribution in [0.1, 0.15) is 51.4 Å². The lowest BCUT2D eigenvalue weighted by Crippen LogP contribution is -2.54. The standard InChI is InChI=1S/C13H21N3O/c14-11-13(7-3-1-4-8-13)15-12(17)16-9-5-2-6-10-16/h1-10H2,(H,15,17). The molecule has 0 atom stereocenters. The molecule has 0 aromatic heterocycles. The van der Waals surface area contributed by atoms with E-state index in [1.54, 1.807) is 0 Å². The smallest absolute Gasteiger partial charge is 0.318 e. The monoisotopic (exact) mass is 235 g/mol. The predicted octanol–water partition coefficient (Wildman–Crippen LogP) is 2.41. The second-order valence-corrected chi connectivity index (χ2v) is 5.23. The normalized spacial score (nSPS) is 23.8. The molecule has 2 rings (SSSR count). The van der Waals surface area contributed by atoms with Crippen molar-refractivity contribution in [3.8, 4) is 6.07 Å². The largest absolute Gasteiger partial charge is 0.325 e. The number of nitrogens with one attached hydrogen (secondary N) is 1. The lowest BCUT2D eigenvalue weighted by Gasteiger charge is -2.35. The van der Waals surface area contributed by atoms with E-state index in [4.69, 9.17) is 0 Å². The van der Waals surface area contributed by atoms with Crippen LogP contribution >= 0.6 is 0 Å². The van der Waals surface area contributed by atoms with Gasteiger partial charge in [-0.25, -0.2) is 4.79 Å². The van der Waals surface area contributed by atoms with E-state index in [2.05, 4.69) is 11.4 Å². The van der Waals surface area contributed by atoms with Crippen LogP contribution in [0.3, 0.4) is 0 Å². The fraction of sp³-hybridized carbons (Fsp3) is 0.846. The number of nitrogens with zero attached hydrogens (tertiary/aromatic N) is 2. The Morgan fingerprint density at radius 3 is 2.24 bits per heavy atom. The Hall–Kier alpha value is -1.24. The number of carbonyl (C=O) groups excluding carboxylic acids is 1. The molecule has 1 aliphatic heterocycles. The van der Waals surface area contributed by atoms with E-state index in [0.29, 0.717) is 0 Å². The topological polar surface area (TPSA) is 56.1 Å². The molecule has 1 saturated carbocycles. The van der Waals surface area contributed by atoms with E-state index in [1.807, 2.05) is 4.90 Å². The lowest BCUT2D eigenvalue weighted by atomic mass is 9.83.